The van der Waals surface area contributed by atoms with Crippen molar-refractivity contribution in [2.75, 3.05) is 0 Å². The molecule has 0 spiro atoms. The van der Waals surface area contributed by atoms with Gasteiger partial charge in [-0.15, -0.1) is 13.2 Å². The van der Waals surface area contributed by atoms with E-state index in [1.165, 1.54) is 12.1 Å². The molecule has 5 nitrogen and oxygen atoms in total. The van der Waals surface area contributed by atoms with Crippen LogP contribution in [0.1, 0.15) is 29.4 Å². The normalized spacial score (nSPS) is 11.5. The third-order valence-corrected chi connectivity index (χ3v) is 4.03. The number of ether oxygens (including phenoxy) is 2. The fourth-order valence-electron chi connectivity index (χ4n) is 2.54. The van der Waals surface area contributed by atoms with Crippen molar-refractivity contribution in [2.24, 2.45) is 0 Å². The molecule has 146 valence electrons. The molecule has 0 fully saturated rings. The van der Waals surface area contributed by atoms with Crippen LogP contribution in [0, 0.1) is 0 Å². The Morgan fingerprint density at radius 1 is 1.11 bits per heavy atom. The summed E-state index contributed by atoms with van der Waals surface area (Å²) in [6.07, 6.45) is -4.74. The van der Waals surface area contributed by atoms with Crippen LogP contribution in [0.25, 0.3) is 10.9 Å². The zero-order valence-electron chi connectivity index (χ0n) is 14.4. The Balaban J connectivity index is 2.01. The van der Waals surface area contributed by atoms with Crippen LogP contribution in [-0.4, -0.2) is 23.1 Å². The summed E-state index contributed by atoms with van der Waals surface area (Å²) in [4.78, 5) is 27.5. The maximum atomic E-state index is 12.9. The van der Waals surface area contributed by atoms with E-state index in [4.69, 9.17) is 16.3 Å². The van der Waals surface area contributed by atoms with Crippen LogP contribution in [0.5, 0.6) is 11.5 Å². The average Bonchev–Trinajstić information content (AvgIpc) is 2.98. The van der Waals surface area contributed by atoms with Gasteiger partial charge in [-0.05, 0) is 42.5 Å². The lowest BCUT2D eigenvalue weighted by Gasteiger charge is -2.09. The van der Waals surface area contributed by atoms with E-state index in [1.54, 1.807) is 25.1 Å². The molecule has 0 unspecified atom stereocenters. The monoisotopic (exact) mass is 411 g/mol. The van der Waals surface area contributed by atoms with Gasteiger partial charge in [0, 0.05) is 27.9 Å². The fraction of sp³-hybridized carbons (Fsp3) is 0.158. The minimum atomic E-state index is -4.83. The number of rotatable bonds is 5. The molecule has 0 bridgehead atoms. The average molecular weight is 412 g/mol. The molecule has 0 aliphatic heterocycles. The zero-order valence-corrected chi connectivity index (χ0v) is 15.1. The molecule has 28 heavy (non-hydrogen) atoms. The molecule has 3 aromatic rings. The molecule has 1 heterocycles. The number of esters is 1. The molecule has 0 atom stereocenters. The first-order valence-electron chi connectivity index (χ1n) is 8.10. The van der Waals surface area contributed by atoms with Gasteiger partial charge in [-0.3, -0.25) is 9.59 Å². The van der Waals surface area contributed by atoms with E-state index in [2.05, 4.69) is 9.72 Å². The highest BCUT2D eigenvalue weighted by Crippen LogP contribution is 2.34. The molecule has 0 amide bonds. The number of aromatic nitrogens is 1. The maximum Gasteiger partial charge on any atom is 0.573 e. The van der Waals surface area contributed by atoms with Gasteiger partial charge in [0.15, 0.2) is 5.75 Å². The van der Waals surface area contributed by atoms with Gasteiger partial charge in [0.25, 0.3) is 0 Å². The van der Waals surface area contributed by atoms with Gasteiger partial charge >= 0.3 is 12.3 Å². The molecule has 0 saturated heterocycles. The third kappa shape index (κ3) is 4.28. The molecule has 1 aromatic heterocycles. The summed E-state index contributed by atoms with van der Waals surface area (Å²) in [6.45, 7) is 1.60. The summed E-state index contributed by atoms with van der Waals surface area (Å²) in [5.41, 5.74) is 0.591. The number of ketones is 1. The zero-order chi connectivity index (χ0) is 20.5. The third-order valence-electron chi connectivity index (χ3n) is 3.79. The van der Waals surface area contributed by atoms with Gasteiger partial charge in [0.2, 0.25) is 5.78 Å². The SMILES string of the molecule is CCC(=O)Oc1c(C(=O)c2ccc(OC(F)(F)F)cc2)[nH]c2ccc(Cl)cc12. The smallest absolute Gasteiger partial charge is 0.423 e. The molecule has 0 aliphatic carbocycles. The van der Waals surface area contributed by atoms with E-state index in [9.17, 15) is 22.8 Å². The predicted molar refractivity (Wildman–Crippen MR) is 95.8 cm³/mol. The van der Waals surface area contributed by atoms with Gasteiger partial charge in [0.05, 0.1) is 0 Å². The summed E-state index contributed by atoms with van der Waals surface area (Å²) in [5, 5.41) is 0.822. The predicted octanol–water partition coefficient (Wildman–Crippen LogP) is 5.27. The highest BCUT2D eigenvalue weighted by Gasteiger charge is 2.31. The highest BCUT2D eigenvalue weighted by molar-refractivity contribution is 6.31. The molecule has 2 aromatic carbocycles. The van der Waals surface area contributed by atoms with Gasteiger partial charge in [-0.2, -0.15) is 0 Å². The number of aromatic amines is 1. The molecule has 0 saturated carbocycles. The van der Waals surface area contributed by atoms with E-state index in [0.29, 0.717) is 15.9 Å². The number of fused-ring (bicyclic) bond motifs is 1. The summed E-state index contributed by atoms with van der Waals surface area (Å²) in [5.74, 6) is -1.55. The van der Waals surface area contributed by atoms with Crippen molar-refractivity contribution in [2.45, 2.75) is 19.7 Å². The first kappa shape index (κ1) is 19.8. The lowest BCUT2D eigenvalue weighted by molar-refractivity contribution is -0.274. The van der Waals surface area contributed by atoms with Crippen molar-refractivity contribution in [1.82, 2.24) is 4.98 Å². The summed E-state index contributed by atoms with van der Waals surface area (Å²) < 4.78 is 45.9. The number of alkyl halides is 3. The van der Waals surface area contributed by atoms with Crippen molar-refractivity contribution in [1.29, 1.82) is 0 Å². The Morgan fingerprint density at radius 2 is 1.79 bits per heavy atom. The second-order valence-corrected chi connectivity index (χ2v) is 6.18. The largest absolute Gasteiger partial charge is 0.573 e. The topological polar surface area (TPSA) is 68.4 Å². The molecule has 9 heteroatoms. The summed E-state index contributed by atoms with van der Waals surface area (Å²) >= 11 is 5.99. The minimum absolute atomic E-state index is 0.0106. The quantitative estimate of drug-likeness (QED) is 0.459. The number of halogens is 4. The van der Waals surface area contributed by atoms with Crippen molar-refractivity contribution >= 4 is 34.3 Å². The van der Waals surface area contributed by atoms with Crippen LogP contribution < -0.4 is 9.47 Å². The number of carbonyl (C=O) groups is 2. The van der Waals surface area contributed by atoms with Crippen LogP contribution >= 0.6 is 11.6 Å². The Bertz CT molecular complexity index is 1040. The number of nitrogens with one attached hydrogen (secondary N) is 1. The van der Waals surface area contributed by atoms with Crippen molar-refractivity contribution in [3.63, 3.8) is 0 Å². The standard InChI is InChI=1S/C19H13ClF3NO4/c1-2-15(25)27-18-13-9-11(20)5-8-14(13)24-16(18)17(26)10-3-6-12(7-4-10)28-19(21,22)23/h3-9,24H,2H2,1H3. The summed E-state index contributed by atoms with van der Waals surface area (Å²) in [7, 11) is 0. The van der Waals surface area contributed by atoms with E-state index in [1.807, 2.05) is 0 Å². The number of hydrogen-bond acceptors (Lipinski definition) is 4. The fourth-order valence-corrected chi connectivity index (χ4v) is 2.72. The van der Waals surface area contributed by atoms with E-state index >= 15 is 0 Å². The molecule has 0 aliphatic rings. The number of carbonyl (C=O) groups excluding carboxylic acids is 2. The van der Waals surface area contributed by atoms with E-state index < -0.39 is 23.9 Å². The molecule has 3 rings (SSSR count). The van der Waals surface area contributed by atoms with Crippen LogP contribution in [-0.2, 0) is 4.79 Å². The molecule has 1 N–H and O–H groups in total. The summed E-state index contributed by atoms with van der Waals surface area (Å²) in [6, 6.07) is 9.20. The Kier molecular flexibility index (Phi) is 5.33. The van der Waals surface area contributed by atoms with E-state index in [-0.39, 0.29) is 23.4 Å². The maximum absolute atomic E-state index is 12.9. The first-order valence-corrected chi connectivity index (χ1v) is 8.48. The second kappa shape index (κ2) is 7.55. The lowest BCUT2D eigenvalue weighted by Crippen LogP contribution is -2.17. The second-order valence-electron chi connectivity index (χ2n) is 5.75. The number of hydrogen-bond donors (Lipinski definition) is 1. The molecular weight excluding hydrogens is 399 g/mol. The van der Waals surface area contributed by atoms with Crippen molar-refractivity contribution < 1.29 is 32.2 Å². The first-order chi connectivity index (χ1) is 13.2. The van der Waals surface area contributed by atoms with Crippen LogP contribution in [0.2, 0.25) is 5.02 Å². The van der Waals surface area contributed by atoms with Crippen molar-refractivity contribution in [3.8, 4) is 11.5 Å². The number of benzene rings is 2. The minimum Gasteiger partial charge on any atom is -0.423 e. The molecule has 0 radical (unpaired) electrons. The number of H-pyrrole nitrogens is 1. The van der Waals surface area contributed by atoms with Gasteiger partial charge in [-0.1, -0.05) is 18.5 Å². The van der Waals surface area contributed by atoms with Crippen molar-refractivity contribution in [3.05, 3.63) is 58.7 Å². The highest BCUT2D eigenvalue weighted by atomic mass is 35.5. The Labute approximate surface area is 162 Å². The van der Waals surface area contributed by atoms with Gasteiger partial charge in [0.1, 0.15) is 11.4 Å². The van der Waals surface area contributed by atoms with Gasteiger partial charge in [-0.25, -0.2) is 0 Å². The lowest BCUT2D eigenvalue weighted by atomic mass is 10.1. The molecular formula is C19H13ClF3NO4. The Morgan fingerprint density at radius 3 is 2.39 bits per heavy atom. The van der Waals surface area contributed by atoms with Crippen LogP contribution in [0.4, 0.5) is 13.2 Å². The Hall–Kier alpha value is -3.00. The van der Waals surface area contributed by atoms with Gasteiger partial charge < -0.3 is 14.5 Å². The van der Waals surface area contributed by atoms with Crippen LogP contribution in [0.15, 0.2) is 42.5 Å². The van der Waals surface area contributed by atoms with E-state index in [0.717, 1.165) is 12.1 Å². The van der Waals surface area contributed by atoms with Crippen LogP contribution in [0.3, 0.4) is 0 Å².